The quantitative estimate of drug-likeness (QED) is 0.355. The predicted octanol–water partition coefficient (Wildman–Crippen LogP) is 6.28. The third-order valence-electron chi connectivity index (χ3n) is 6.85. The van der Waals surface area contributed by atoms with Gasteiger partial charge in [-0.25, -0.2) is 13.4 Å². The molecule has 0 unspecified atom stereocenters. The molecule has 5 rings (SSSR count). The van der Waals surface area contributed by atoms with E-state index in [9.17, 15) is 13.2 Å². The van der Waals surface area contributed by atoms with Gasteiger partial charge in [0, 0.05) is 34.3 Å². The number of nitrogens with zero attached hydrogens (tertiary/aromatic N) is 3. The van der Waals surface area contributed by atoms with Gasteiger partial charge in [0.15, 0.2) is 0 Å². The number of benzene rings is 1. The number of carbonyl (C=O) groups excluding carboxylic acids is 1. The van der Waals surface area contributed by atoms with E-state index in [1.54, 1.807) is 39.8 Å². The van der Waals surface area contributed by atoms with Crippen LogP contribution in [0.15, 0.2) is 74.9 Å². The summed E-state index contributed by atoms with van der Waals surface area (Å²) in [6.45, 7) is 4.43. The van der Waals surface area contributed by atoms with Crippen LogP contribution in [-0.4, -0.2) is 42.4 Å². The van der Waals surface area contributed by atoms with Crippen molar-refractivity contribution in [3.8, 4) is 0 Å². The van der Waals surface area contributed by atoms with E-state index in [0.29, 0.717) is 18.7 Å². The van der Waals surface area contributed by atoms with Crippen molar-refractivity contribution in [2.45, 2.75) is 44.0 Å². The summed E-state index contributed by atoms with van der Waals surface area (Å²) in [5.74, 6) is -0.0626. The molecule has 1 aliphatic carbocycles. The Bertz CT molecular complexity index is 1370. The first-order valence-corrected chi connectivity index (χ1v) is 15.4. The second-order valence-corrected chi connectivity index (χ2v) is 12.8. The first-order chi connectivity index (χ1) is 17.4. The summed E-state index contributed by atoms with van der Waals surface area (Å²) >= 11 is 3.34. The van der Waals surface area contributed by atoms with Crippen molar-refractivity contribution in [2.75, 3.05) is 13.1 Å². The van der Waals surface area contributed by atoms with Crippen LogP contribution in [0.4, 0.5) is 0 Å². The van der Waals surface area contributed by atoms with Crippen molar-refractivity contribution in [1.29, 1.82) is 0 Å². The van der Waals surface area contributed by atoms with E-state index in [-0.39, 0.29) is 22.8 Å². The molecular weight excluding hydrogens is 511 g/mol. The monoisotopic (exact) mass is 539 g/mol. The zero-order valence-corrected chi connectivity index (χ0v) is 22.8. The minimum atomic E-state index is -3.58. The van der Waals surface area contributed by atoms with Gasteiger partial charge < -0.3 is 0 Å². The molecule has 9 heteroatoms. The van der Waals surface area contributed by atoms with Gasteiger partial charge in [-0.1, -0.05) is 26.0 Å². The number of hydrazone groups is 1. The molecule has 2 aromatic heterocycles. The normalized spacial score (nSPS) is 21.1. The molecule has 1 aliphatic heterocycles. The fourth-order valence-electron chi connectivity index (χ4n) is 5.07. The number of hydrogen-bond donors (Lipinski definition) is 0. The second-order valence-electron chi connectivity index (χ2n) is 8.89. The van der Waals surface area contributed by atoms with E-state index in [2.05, 4.69) is 23.6 Å². The van der Waals surface area contributed by atoms with Crippen molar-refractivity contribution in [3.63, 3.8) is 0 Å². The molecular formula is C27H29N3O3S3. The third kappa shape index (κ3) is 4.61. The maximum absolute atomic E-state index is 13.8. The number of thiophene rings is 2. The Balaban J connectivity index is 1.49. The Kier molecular flexibility index (Phi) is 7.25. The molecule has 2 aliphatic rings. The summed E-state index contributed by atoms with van der Waals surface area (Å²) in [6, 6.07) is 14.3. The zero-order valence-electron chi connectivity index (χ0n) is 20.3. The van der Waals surface area contributed by atoms with Crippen molar-refractivity contribution >= 4 is 50.4 Å². The fraction of sp³-hybridized carbons (Fsp3) is 0.333. The molecule has 1 amide bonds. The van der Waals surface area contributed by atoms with Gasteiger partial charge in [0.1, 0.15) is 0 Å². The van der Waals surface area contributed by atoms with E-state index >= 15 is 0 Å². The van der Waals surface area contributed by atoms with Gasteiger partial charge in [0.25, 0.3) is 5.91 Å². The molecule has 1 fully saturated rings. The summed E-state index contributed by atoms with van der Waals surface area (Å²) < 4.78 is 27.2. The maximum Gasteiger partial charge on any atom is 0.274 e. The molecule has 6 nitrogen and oxygen atoms in total. The van der Waals surface area contributed by atoms with Crippen LogP contribution < -0.4 is 0 Å². The van der Waals surface area contributed by atoms with E-state index in [4.69, 9.17) is 5.10 Å². The highest BCUT2D eigenvalue weighted by Crippen LogP contribution is 2.46. The van der Waals surface area contributed by atoms with E-state index in [1.807, 2.05) is 31.4 Å². The van der Waals surface area contributed by atoms with Crippen molar-refractivity contribution in [2.24, 2.45) is 11.0 Å². The fourth-order valence-corrected chi connectivity index (χ4v) is 8.08. The minimum Gasteiger partial charge on any atom is -0.267 e. The van der Waals surface area contributed by atoms with Crippen LogP contribution in [0.2, 0.25) is 0 Å². The molecule has 3 heterocycles. The smallest absolute Gasteiger partial charge is 0.267 e. The summed E-state index contributed by atoms with van der Waals surface area (Å²) in [6.07, 6.45) is 5.20. The van der Waals surface area contributed by atoms with Crippen molar-refractivity contribution in [1.82, 2.24) is 9.31 Å². The van der Waals surface area contributed by atoms with Gasteiger partial charge in [0.2, 0.25) is 10.0 Å². The molecule has 0 N–H and O–H groups in total. The summed E-state index contributed by atoms with van der Waals surface area (Å²) in [5, 5.41) is 10.7. The Labute approximate surface area is 220 Å². The lowest BCUT2D eigenvalue weighted by atomic mass is 9.79. The van der Waals surface area contributed by atoms with Gasteiger partial charge >= 0.3 is 0 Å². The lowest BCUT2D eigenvalue weighted by Gasteiger charge is -2.28. The van der Waals surface area contributed by atoms with Crippen molar-refractivity contribution in [3.05, 3.63) is 80.2 Å². The van der Waals surface area contributed by atoms with E-state index in [0.717, 1.165) is 29.9 Å². The number of rotatable bonds is 7. The van der Waals surface area contributed by atoms with Gasteiger partial charge in [-0.15, -0.1) is 22.7 Å². The molecule has 0 spiro atoms. The highest BCUT2D eigenvalue weighted by molar-refractivity contribution is 7.89. The van der Waals surface area contributed by atoms with Crippen LogP contribution in [-0.2, 0) is 10.0 Å². The largest absolute Gasteiger partial charge is 0.274 e. The van der Waals surface area contributed by atoms with Crippen LogP contribution in [0.25, 0.3) is 6.08 Å². The molecule has 36 heavy (non-hydrogen) atoms. The lowest BCUT2D eigenvalue weighted by Crippen LogP contribution is -2.32. The lowest BCUT2D eigenvalue weighted by molar-refractivity contribution is 0.0684. The highest BCUT2D eigenvalue weighted by atomic mass is 32.2. The van der Waals surface area contributed by atoms with Gasteiger partial charge in [-0.05, 0) is 78.1 Å². The number of hydrogen-bond acceptors (Lipinski definition) is 6. The van der Waals surface area contributed by atoms with Crippen LogP contribution in [0.5, 0.6) is 0 Å². The van der Waals surface area contributed by atoms with Crippen LogP contribution >= 0.6 is 22.7 Å². The number of sulfonamides is 1. The molecule has 2 atom stereocenters. The molecule has 0 bridgehead atoms. The zero-order chi connectivity index (χ0) is 25.3. The Hall–Kier alpha value is -2.59. The first kappa shape index (κ1) is 25.1. The SMILES string of the molecule is CCN(CC)S(=O)(=O)c1ccc(C(=O)N2N=C3/C(=C\c4cccs4)CCC[C@H]3[C@H]2c2cccs2)cc1. The standard InChI is InChI=1S/C27H29N3O3S3/c1-3-29(4-2)36(32,33)22-14-12-19(13-15-22)27(31)30-26(24-11-7-17-35-24)23-10-5-8-20(25(23)28-30)18-21-9-6-16-34-21/h6-7,9,11-18,23,26H,3-5,8,10H2,1-2H3/b20-18-/t23-,26+/m1/s1. The van der Waals surface area contributed by atoms with E-state index in [1.165, 1.54) is 26.9 Å². The summed E-state index contributed by atoms with van der Waals surface area (Å²) in [5.41, 5.74) is 2.63. The Morgan fingerprint density at radius 3 is 2.44 bits per heavy atom. The molecule has 188 valence electrons. The molecule has 1 aromatic carbocycles. The number of allylic oxidation sites excluding steroid dienone is 1. The third-order valence-corrected chi connectivity index (χ3v) is 10.7. The van der Waals surface area contributed by atoms with Gasteiger partial charge in [0.05, 0.1) is 16.6 Å². The molecule has 1 saturated carbocycles. The highest BCUT2D eigenvalue weighted by Gasteiger charge is 2.44. The number of amides is 1. The first-order valence-electron chi connectivity index (χ1n) is 12.2. The summed E-state index contributed by atoms with van der Waals surface area (Å²) in [7, 11) is -3.58. The maximum atomic E-state index is 13.8. The molecule has 0 saturated heterocycles. The van der Waals surface area contributed by atoms with Crippen molar-refractivity contribution < 1.29 is 13.2 Å². The molecule has 0 radical (unpaired) electrons. The number of fused-ring (bicyclic) bond motifs is 1. The topological polar surface area (TPSA) is 70.1 Å². The molecule has 3 aromatic rings. The Morgan fingerprint density at radius 1 is 1.08 bits per heavy atom. The average molecular weight is 540 g/mol. The minimum absolute atomic E-state index is 0.148. The van der Waals surface area contributed by atoms with Crippen LogP contribution in [0.1, 0.15) is 59.3 Å². The second kappa shape index (κ2) is 10.4. The average Bonchev–Trinajstić information content (AvgIpc) is 3.65. The van der Waals surface area contributed by atoms with Crippen LogP contribution in [0.3, 0.4) is 0 Å². The van der Waals surface area contributed by atoms with E-state index < -0.39 is 10.0 Å². The predicted molar refractivity (Wildman–Crippen MR) is 147 cm³/mol. The summed E-state index contributed by atoms with van der Waals surface area (Å²) in [4.78, 5) is 16.3. The number of carbonyl (C=O) groups is 1. The van der Waals surface area contributed by atoms with Crippen LogP contribution in [0, 0.1) is 5.92 Å². The van der Waals surface area contributed by atoms with Gasteiger partial charge in [-0.3, -0.25) is 4.79 Å². The van der Waals surface area contributed by atoms with Gasteiger partial charge in [-0.2, -0.15) is 9.41 Å². The Morgan fingerprint density at radius 2 is 1.81 bits per heavy atom.